The van der Waals surface area contributed by atoms with Crippen LogP contribution in [0.25, 0.3) is 0 Å². The van der Waals surface area contributed by atoms with E-state index < -0.39 is 20.0 Å². The molecule has 0 aliphatic rings. The van der Waals surface area contributed by atoms with Crippen molar-refractivity contribution in [3.63, 3.8) is 0 Å². The summed E-state index contributed by atoms with van der Waals surface area (Å²) in [6.45, 7) is 4.72. The summed E-state index contributed by atoms with van der Waals surface area (Å²) in [5.41, 5.74) is 0. The predicted octanol–water partition coefficient (Wildman–Crippen LogP) is 9.41. The second kappa shape index (κ2) is 30.1. The van der Waals surface area contributed by atoms with Crippen molar-refractivity contribution in [1.29, 1.82) is 0 Å². The van der Waals surface area contributed by atoms with Crippen molar-refractivity contribution >= 4 is 13.7 Å². The van der Waals surface area contributed by atoms with Crippen molar-refractivity contribution in [3.8, 4) is 0 Å². The Morgan fingerprint density at radius 1 is 0.717 bits per heavy atom. The van der Waals surface area contributed by atoms with Gasteiger partial charge in [-0.05, 0) is 38.5 Å². The van der Waals surface area contributed by atoms with Crippen LogP contribution in [-0.4, -0.2) is 73.4 Å². The van der Waals surface area contributed by atoms with Crippen molar-refractivity contribution in [1.82, 2.24) is 5.32 Å². The van der Waals surface area contributed by atoms with Crippen LogP contribution in [0, 0.1) is 0 Å². The molecule has 0 aromatic heterocycles. The topological polar surface area (TPSA) is 105 Å². The lowest BCUT2D eigenvalue weighted by atomic mass is 10.0. The number of likely N-dealkylation sites (N-methyl/N-ethyl adjacent to an activating group) is 1. The second-order valence-corrected chi connectivity index (χ2v) is 15.4. The number of unbranched alkanes of at least 4 members (excludes halogenated alkanes) is 18. The Morgan fingerprint density at radius 2 is 1.22 bits per heavy atom. The number of hydrogen-bond acceptors (Lipinski definition) is 5. The molecule has 8 nitrogen and oxygen atoms in total. The predicted molar refractivity (Wildman–Crippen MR) is 194 cm³/mol. The van der Waals surface area contributed by atoms with Crippen molar-refractivity contribution in [2.24, 2.45) is 0 Å². The van der Waals surface area contributed by atoms with Crippen LogP contribution in [0.2, 0.25) is 0 Å². The highest BCUT2D eigenvalue weighted by Crippen LogP contribution is 2.43. The van der Waals surface area contributed by atoms with E-state index in [9.17, 15) is 19.4 Å². The summed E-state index contributed by atoms with van der Waals surface area (Å²) < 4.78 is 23.4. The highest BCUT2D eigenvalue weighted by molar-refractivity contribution is 7.47. The molecule has 9 heteroatoms. The summed E-state index contributed by atoms with van der Waals surface area (Å²) in [7, 11) is 1.56. The van der Waals surface area contributed by atoms with Gasteiger partial charge in [0, 0.05) is 6.42 Å². The lowest BCUT2D eigenvalue weighted by Crippen LogP contribution is -2.45. The van der Waals surface area contributed by atoms with Crippen molar-refractivity contribution < 1.29 is 32.9 Å². The number of nitrogens with zero attached hydrogens (tertiary/aromatic N) is 1. The van der Waals surface area contributed by atoms with Crippen LogP contribution >= 0.6 is 7.82 Å². The Balaban J connectivity index is 4.57. The molecular formula is C37H74N2O6P+. The number of amides is 1. The van der Waals surface area contributed by atoms with Crippen molar-refractivity contribution in [2.45, 2.75) is 167 Å². The van der Waals surface area contributed by atoms with Crippen LogP contribution in [0.5, 0.6) is 0 Å². The van der Waals surface area contributed by atoms with Gasteiger partial charge in [-0.1, -0.05) is 134 Å². The molecule has 0 rings (SSSR count). The van der Waals surface area contributed by atoms with Gasteiger partial charge >= 0.3 is 7.82 Å². The molecule has 0 heterocycles. The van der Waals surface area contributed by atoms with Gasteiger partial charge in [-0.3, -0.25) is 13.8 Å². The van der Waals surface area contributed by atoms with E-state index in [0.29, 0.717) is 17.4 Å². The quantitative estimate of drug-likeness (QED) is 0.0278. The minimum absolute atomic E-state index is 0.0611. The van der Waals surface area contributed by atoms with Crippen LogP contribution < -0.4 is 5.32 Å². The minimum atomic E-state index is -4.32. The summed E-state index contributed by atoms with van der Waals surface area (Å²) in [6, 6.07) is -0.842. The normalized spacial score (nSPS) is 15.0. The van der Waals surface area contributed by atoms with Gasteiger partial charge in [0.05, 0.1) is 39.9 Å². The Morgan fingerprint density at radius 3 is 1.76 bits per heavy atom. The minimum Gasteiger partial charge on any atom is -0.387 e. The molecule has 3 atom stereocenters. The molecule has 0 bridgehead atoms. The number of carbonyl (C=O) groups is 1. The first-order valence-corrected chi connectivity index (χ1v) is 20.2. The molecule has 0 aromatic carbocycles. The van der Waals surface area contributed by atoms with Gasteiger partial charge in [0.2, 0.25) is 5.91 Å². The zero-order chi connectivity index (χ0) is 34.4. The number of quaternary nitrogens is 1. The second-order valence-electron chi connectivity index (χ2n) is 13.9. The Kier molecular flexibility index (Phi) is 29.4. The van der Waals surface area contributed by atoms with E-state index in [2.05, 4.69) is 31.3 Å². The number of aliphatic hydroxyl groups excluding tert-OH is 1. The third kappa shape index (κ3) is 31.6. The smallest absolute Gasteiger partial charge is 0.387 e. The molecule has 46 heavy (non-hydrogen) atoms. The van der Waals surface area contributed by atoms with Gasteiger partial charge < -0.3 is 19.8 Å². The number of nitrogens with one attached hydrogen (secondary N) is 1. The molecule has 0 aliphatic heterocycles. The molecule has 272 valence electrons. The highest BCUT2D eigenvalue weighted by Gasteiger charge is 2.27. The maximum absolute atomic E-state index is 12.7. The molecule has 3 N–H and O–H groups in total. The molecule has 0 spiro atoms. The van der Waals surface area contributed by atoms with E-state index in [-0.39, 0.29) is 19.1 Å². The van der Waals surface area contributed by atoms with E-state index in [4.69, 9.17) is 9.05 Å². The number of allylic oxidation sites excluding steroid dienone is 3. The number of aliphatic hydroxyl groups is 1. The average molecular weight is 674 g/mol. The SMILES string of the molecule is CCC/C=C\CCCCCCCC/C=C/[C@@H](O)[C@H](COP(=O)(O)OCC[N+](C)(C)C)NC(=O)CCCCCCCCCCCCC. The maximum atomic E-state index is 12.7. The Labute approximate surface area is 284 Å². The molecule has 0 fully saturated rings. The van der Waals surface area contributed by atoms with E-state index in [0.717, 1.165) is 38.5 Å². The fraction of sp³-hybridized carbons (Fsp3) is 0.865. The van der Waals surface area contributed by atoms with Gasteiger partial charge in [-0.25, -0.2) is 4.57 Å². The summed E-state index contributed by atoms with van der Waals surface area (Å²) in [5, 5.41) is 13.7. The number of phosphoric acid groups is 1. The van der Waals surface area contributed by atoms with Crippen LogP contribution in [0.1, 0.15) is 155 Å². The molecular weight excluding hydrogens is 599 g/mol. The maximum Gasteiger partial charge on any atom is 0.472 e. The molecule has 0 saturated carbocycles. The lowest BCUT2D eigenvalue weighted by molar-refractivity contribution is -0.870. The highest BCUT2D eigenvalue weighted by atomic mass is 31.2. The monoisotopic (exact) mass is 674 g/mol. The first-order valence-electron chi connectivity index (χ1n) is 18.7. The lowest BCUT2D eigenvalue weighted by Gasteiger charge is -2.25. The third-order valence-electron chi connectivity index (χ3n) is 8.15. The number of carbonyl (C=O) groups excluding carboxylic acids is 1. The average Bonchev–Trinajstić information content (AvgIpc) is 2.99. The first-order chi connectivity index (χ1) is 22.0. The van der Waals surface area contributed by atoms with Gasteiger partial charge in [-0.2, -0.15) is 0 Å². The van der Waals surface area contributed by atoms with E-state index in [1.165, 1.54) is 96.3 Å². The van der Waals surface area contributed by atoms with Gasteiger partial charge in [0.15, 0.2) is 0 Å². The zero-order valence-corrected chi connectivity index (χ0v) is 31.5. The van der Waals surface area contributed by atoms with E-state index >= 15 is 0 Å². The van der Waals surface area contributed by atoms with E-state index in [1.807, 2.05) is 27.2 Å². The molecule has 0 aliphatic carbocycles. The van der Waals surface area contributed by atoms with Crippen molar-refractivity contribution in [3.05, 3.63) is 24.3 Å². The molecule has 0 saturated heterocycles. The largest absolute Gasteiger partial charge is 0.472 e. The fourth-order valence-electron chi connectivity index (χ4n) is 5.10. The standard InChI is InChI=1S/C37H73N2O6P/c1-6-8-10-12-14-16-18-19-21-22-24-26-28-30-36(40)35(34-45-46(42,43)44-33-32-39(3,4)5)38-37(41)31-29-27-25-23-20-17-15-13-11-9-7-2/h10,12,28,30,35-36,40H,6-9,11,13-27,29,31-34H2,1-5H3,(H-,38,41,42,43)/p+1/b12-10-,30-28+/t35-,36+/m0/s1. The van der Waals surface area contributed by atoms with E-state index in [1.54, 1.807) is 6.08 Å². The molecule has 1 unspecified atom stereocenters. The first kappa shape index (κ1) is 45.0. The van der Waals surface area contributed by atoms with Crippen LogP contribution in [0.3, 0.4) is 0 Å². The number of phosphoric ester groups is 1. The molecule has 1 amide bonds. The van der Waals surface area contributed by atoms with Crippen molar-refractivity contribution in [2.75, 3.05) is 40.9 Å². The summed E-state index contributed by atoms with van der Waals surface area (Å²) >= 11 is 0. The summed E-state index contributed by atoms with van der Waals surface area (Å²) in [6.07, 6.45) is 32.3. The van der Waals surface area contributed by atoms with Gasteiger partial charge in [0.1, 0.15) is 13.2 Å². The van der Waals surface area contributed by atoms with Crippen LogP contribution in [-0.2, 0) is 18.4 Å². The molecule has 0 radical (unpaired) electrons. The Bertz CT molecular complexity index is 814. The van der Waals surface area contributed by atoms with Crippen LogP contribution in [0.4, 0.5) is 0 Å². The number of hydrogen-bond donors (Lipinski definition) is 3. The summed E-state index contributed by atoms with van der Waals surface area (Å²) in [4.78, 5) is 22.9. The summed E-state index contributed by atoms with van der Waals surface area (Å²) in [5.74, 6) is -0.184. The zero-order valence-electron chi connectivity index (χ0n) is 30.6. The Hall–Kier alpha value is -1.02. The van der Waals surface area contributed by atoms with Gasteiger partial charge in [-0.15, -0.1) is 0 Å². The van der Waals surface area contributed by atoms with Gasteiger partial charge in [0.25, 0.3) is 0 Å². The fourth-order valence-corrected chi connectivity index (χ4v) is 5.84. The van der Waals surface area contributed by atoms with Crippen LogP contribution in [0.15, 0.2) is 24.3 Å². The molecule has 0 aromatic rings. The number of rotatable bonds is 33. The third-order valence-corrected chi connectivity index (χ3v) is 9.13.